The van der Waals surface area contributed by atoms with Crippen LogP contribution in [0.2, 0.25) is 0 Å². The second-order valence-electron chi connectivity index (χ2n) is 1.00. The molecule has 2 heteroatoms. The van der Waals surface area contributed by atoms with E-state index in [2.05, 4.69) is 5.32 Å². The van der Waals surface area contributed by atoms with Crippen LogP contribution in [0.25, 0.3) is 0 Å². The smallest absolute Gasteiger partial charge is 0.295 e. The zero-order valence-corrected chi connectivity index (χ0v) is 4.19. The molecule has 0 aromatic heterocycles. The van der Waals surface area contributed by atoms with Gasteiger partial charge >= 0.3 is 0 Å². The summed E-state index contributed by atoms with van der Waals surface area (Å²) in [6.07, 6.45) is 4.70. The molecular weight excluding hydrogens is 90.1 g/mol. The number of terminal acetylenes is 1. The maximum Gasteiger partial charge on any atom is 0.295 e. The molecule has 38 valence electrons. The summed E-state index contributed by atoms with van der Waals surface area (Å²) in [5.41, 5.74) is 0. The monoisotopic (exact) mass is 97.1 g/mol. The molecule has 0 aromatic carbocycles. The lowest BCUT2D eigenvalue weighted by molar-refractivity contribution is -0.115. The Bertz CT molecular complexity index is 101. The topological polar surface area (TPSA) is 29.1 Å². The summed E-state index contributed by atoms with van der Waals surface area (Å²) in [5, 5.41) is 2.42. The summed E-state index contributed by atoms with van der Waals surface area (Å²) in [6, 6.07) is 0. The van der Waals surface area contributed by atoms with Gasteiger partial charge in [-0.25, -0.2) is 0 Å². The summed E-state index contributed by atoms with van der Waals surface area (Å²) in [4.78, 5) is 10.1. The molecule has 0 bridgehead atoms. The van der Waals surface area contributed by atoms with E-state index in [1.165, 1.54) is 0 Å². The summed E-state index contributed by atoms with van der Waals surface area (Å²) >= 11 is 0. The molecule has 0 saturated heterocycles. The first-order valence-electron chi connectivity index (χ1n) is 2.05. The molecule has 0 aliphatic carbocycles. The molecular formula is C5H7NO. The Morgan fingerprint density at radius 3 is 2.71 bits per heavy atom. The minimum absolute atomic E-state index is 0.345. The Hall–Kier alpha value is -0.970. The average molecular weight is 97.1 g/mol. The molecule has 0 heterocycles. The van der Waals surface area contributed by atoms with E-state index in [0.29, 0.717) is 6.54 Å². The Kier molecular flexibility index (Phi) is 2.78. The molecule has 0 saturated carbocycles. The van der Waals surface area contributed by atoms with E-state index in [9.17, 15) is 4.79 Å². The SMILES string of the molecule is C#CC(=O)NCC. The standard InChI is InChI=1S/C5H7NO/c1-3-5(7)6-4-2/h1H,4H2,2H3,(H,6,7). The number of carbonyl (C=O) groups is 1. The summed E-state index contributed by atoms with van der Waals surface area (Å²) in [7, 11) is 0. The minimum atomic E-state index is -0.345. The van der Waals surface area contributed by atoms with E-state index in [4.69, 9.17) is 6.42 Å². The third-order valence-corrected chi connectivity index (χ3v) is 0.468. The molecule has 0 unspecified atom stereocenters. The van der Waals surface area contributed by atoms with Crippen LogP contribution in [0.1, 0.15) is 6.92 Å². The average Bonchev–Trinajstić information content (AvgIpc) is 1.68. The summed E-state index contributed by atoms with van der Waals surface area (Å²) in [5.74, 6) is 1.57. The first-order valence-corrected chi connectivity index (χ1v) is 2.05. The normalized spacial score (nSPS) is 6.86. The van der Waals surface area contributed by atoms with Crippen LogP contribution in [0, 0.1) is 12.3 Å². The number of nitrogens with one attached hydrogen (secondary N) is 1. The van der Waals surface area contributed by atoms with Crippen molar-refractivity contribution < 1.29 is 4.79 Å². The van der Waals surface area contributed by atoms with E-state index in [1.54, 1.807) is 0 Å². The number of carbonyl (C=O) groups excluding carboxylic acids is 1. The van der Waals surface area contributed by atoms with Gasteiger partial charge in [-0.05, 0) is 12.8 Å². The summed E-state index contributed by atoms with van der Waals surface area (Å²) < 4.78 is 0. The molecule has 0 aliphatic rings. The van der Waals surface area contributed by atoms with Gasteiger partial charge in [0.2, 0.25) is 0 Å². The highest BCUT2D eigenvalue weighted by Gasteiger charge is 1.84. The molecule has 1 N–H and O–H groups in total. The third kappa shape index (κ3) is 2.84. The second-order valence-corrected chi connectivity index (χ2v) is 1.00. The van der Waals surface area contributed by atoms with Crippen LogP contribution >= 0.6 is 0 Å². The van der Waals surface area contributed by atoms with Crippen LogP contribution in [-0.2, 0) is 4.79 Å². The van der Waals surface area contributed by atoms with Crippen molar-refractivity contribution in [1.29, 1.82) is 0 Å². The highest BCUT2D eigenvalue weighted by Crippen LogP contribution is 1.55. The molecule has 0 rings (SSSR count). The largest absolute Gasteiger partial charge is 0.346 e. The fourth-order valence-corrected chi connectivity index (χ4v) is 0.212. The van der Waals surface area contributed by atoms with Crippen LogP contribution in [0.4, 0.5) is 0 Å². The van der Waals surface area contributed by atoms with Gasteiger partial charge in [0.25, 0.3) is 5.91 Å². The maximum atomic E-state index is 10.1. The van der Waals surface area contributed by atoms with Crippen molar-refractivity contribution >= 4 is 5.91 Å². The number of amides is 1. The van der Waals surface area contributed by atoms with E-state index in [0.717, 1.165) is 0 Å². The molecule has 0 radical (unpaired) electrons. The second kappa shape index (κ2) is 3.23. The zero-order valence-electron chi connectivity index (χ0n) is 4.19. The lowest BCUT2D eigenvalue weighted by atomic mass is 10.6. The zero-order chi connectivity index (χ0) is 5.70. The third-order valence-electron chi connectivity index (χ3n) is 0.468. The van der Waals surface area contributed by atoms with Crippen molar-refractivity contribution in [2.24, 2.45) is 0 Å². The van der Waals surface area contributed by atoms with Gasteiger partial charge in [0.05, 0.1) is 0 Å². The predicted molar refractivity (Wildman–Crippen MR) is 27.5 cm³/mol. The highest BCUT2D eigenvalue weighted by atomic mass is 16.1. The van der Waals surface area contributed by atoms with E-state index >= 15 is 0 Å². The first-order chi connectivity index (χ1) is 3.31. The van der Waals surface area contributed by atoms with Crippen LogP contribution < -0.4 is 5.32 Å². The first kappa shape index (κ1) is 6.03. The molecule has 2 nitrogen and oxygen atoms in total. The fourth-order valence-electron chi connectivity index (χ4n) is 0.212. The van der Waals surface area contributed by atoms with Crippen molar-refractivity contribution in [1.82, 2.24) is 5.32 Å². The van der Waals surface area contributed by atoms with Crippen LogP contribution in [0.5, 0.6) is 0 Å². The van der Waals surface area contributed by atoms with Crippen molar-refractivity contribution in [2.45, 2.75) is 6.92 Å². The Morgan fingerprint density at radius 2 is 2.57 bits per heavy atom. The minimum Gasteiger partial charge on any atom is -0.346 e. The van der Waals surface area contributed by atoms with Gasteiger partial charge in [-0.1, -0.05) is 0 Å². The molecule has 0 spiro atoms. The van der Waals surface area contributed by atoms with Gasteiger partial charge < -0.3 is 5.32 Å². The molecule has 0 fully saturated rings. The van der Waals surface area contributed by atoms with Crippen molar-refractivity contribution in [3.05, 3.63) is 0 Å². The summed E-state index contributed by atoms with van der Waals surface area (Å²) in [6.45, 7) is 2.41. The van der Waals surface area contributed by atoms with E-state index in [1.807, 2.05) is 12.8 Å². The van der Waals surface area contributed by atoms with Gasteiger partial charge in [-0.2, -0.15) is 0 Å². The molecule has 0 aliphatic heterocycles. The molecule has 0 atom stereocenters. The lowest BCUT2D eigenvalue weighted by Gasteiger charge is -1.88. The lowest BCUT2D eigenvalue weighted by Crippen LogP contribution is -2.19. The number of rotatable bonds is 1. The van der Waals surface area contributed by atoms with Gasteiger partial charge in [-0.3, -0.25) is 4.79 Å². The Morgan fingerprint density at radius 1 is 2.00 bits per heavy atom. The van der Waals surface area contributed by atoms with Crippen LogP contribution in [0.15, 0.2) is 0 Å². The van der Waals surface area contributed by atoms with Crippen LogP contribution in [-0.4, -0.2) is 12.5 Å². The molecule has 7 heavy (non-hydrogen) atoms. The Balaban J connectivity index is 3.24. The predicted octanol–water partition coefficient (Wildman–Crippen LogP) is -0.244. The van der Waals surface area contributed by atoms with Crippen molar-refractivity contribution in [2.75, 3.05) is 6.54 Å². The Labute approximate surface area is 42.9 Å². The molecule has 0 aromatic rings. The highest BCUT2D eigenvalue weighted by molar-refractivity contribution is 5.92. The van der Waals surface area contributed by atoms with Gasteiger partial charge in [0.15, 0.2) is 0 Å². The fraction of sp³-hybridized carbons (Fsp3) is 0.400. The maximum absolute atomic E-state index is 10.1. The quantitative estimate of drug-likeness (QED) is 0.449. The van der Waals surface area contributed by atoms with Crippen molar-refractivity contribution in [3.8, 4) is 12.3 Å². The number of hydrogen-bond acceptors (Lipinski definition) is 1. The van der Waals surface area contributed by atoms with Gasteiger partial charge in [0, 0.05) is 6.54 Å². The van der Waals surface area contributed by atoms with Crippen molar-refractivity contribution in [3.63, 3.8) is 0 Å². The van der Waals surface area contributed by atoms with Gasteiger partial charge in [0.1, 0.15) is 0 Å². The van der Waals surface area contributed by atoms with E-state index in [-0.39, 0.29) is 5.91 Å². The van der Waals surface area contributed by atoms with Crippen LogP contribution in [0.3, 0.4) is 0 Å². The molecule has 1 amide bonds. The number of hydrogen-bond donors (Lipinski definition) is 1. The van der Waals surface area contributed by atoms with E-state index < -0.39 is 0 Å². The van der Waals surface area contributed by atoms with Gasteiger partial charge in [-0.15, -0.1) is 6.42 Å².